The van der Waals surface area contributed by atoms with E-state index in [1.165, 1.54) is 0 Å². The molecule has 5 nitrogen and oxygen atoms in total. The van der Waals surface area contributed by atoms with Crippen molar-refractivity contribution in [3.8, 4) is 17.7 Å². The summed E-state index contributed by atoms with van der Waals surface area (Å²) in [5.41, 5.74) is 1.20. The van der Waals surface area contributed by atoms with E-state index in [9.17, 15) is 4.79 Å². The Labute approximate surface area is 136 Å². The van der Waals surface area contributed by atoms with Gasteiger partial charge in [-0.2, -0.15) is 0 Å². The van der Waals surface area contributed by atoms with E-state index in [1.807, 2.05) is 51.1 Å². The number of carbonyl (C=O) groups excluding carboxylic acids is 1. The van der Waals surface area contributed by atoms with Crippen LogP contribution in [-0.4, -0.2) is 30.3 Å². The Morgan fingerprint density at radius 2 is 2.04 bits per heavy atom. The van der Waals surface area contributed by atoms with Crippen LogP contribution in [0.2, 0.25) is 0 Å². The number of hydrogen-bond donors (Lipinski definition) is 1. The molecule has 0 bridgehead atoms. The average molecular weight is 312 g/mol. The van der Waals surface area contributed by atoms with Gasteiger partial charge in [0.2, 0.25) is 5.88 Å². The second-order valence-corrected chi connectivity index (χ2v) is 5.92. The van der Waals surface area contributed by atoms with Crippen molar-refractivity contribution >= 4 is 17.0 Å². The number of pyridine rings is 1. The summed E-state index contributed by atoms with van der Waals surface area (Å²) in [7, 11) is 1.59. The number of benzene rings is 1. The Balaban J connectivity index is 1.99. The van der Waals surface area contributed by atoms with Gasteiger partial charge in [0.25, 0.3) is 0 Å². The van der Waals surface area contributed by atoms with Gasteiger partial charge in [-0.1, -0.05) is 11.8 Å². The number of aromatic nitrogens is 1. The molecular weight excluding hydrogens is 292 g/mol. The molecule has 1 heterocycles. The lowest BCUT2D eigenvalue weighted by atomic mass is 10.1. The predicted octanol–water partition coefficient (Wildman–Crippen LogP) is 3.12. The first-order valence-electron chi connectivity index (χ1n) is 7.28. The number of amides is 1. The largest absolute Gasteiger partial charge is 0.481 e. The van der Waals surface area contributed by atoms with Gasteiger partial charge in [-0.15, -0.1) is 0 Å². The molecular formula is C18H20N2O3. The van der Waals surface area contributed by atoms with Gasteiger partial charge in [0.1, 0.15) is 5.60 Å². The fourth-order valence-corrected chi connectivity index (χ4v) is 1.88. The van der Waals surface area contributed by atoms with Gasteiger partial charge in [-0.05, 0) is 45.0 Å². The SMILES string of the molecule is COc1ccc2cc(C#CCNC(=O)OC(C)(C)C)ccc2n1. The lowest BCUT2D eigenvalue weighted by molar-refractivity contribution is 0.0535. The van der Waals surface area contributed by atoms with E-state index < -0.39 is 11.7 Å². The second-order valence-electron chi connectivity index (χ2n) is 5.92. The van der Waals surface area contributed by atoms with E-state index in [0.29, 0.717) is 5.88 Å². The van der Waals surface area contributed by atoms with Gasteiger partial charge in [-0.25, -0.2) is 9.78 Å². The molecule has 0 spiro atoms. The summed E-state index contributed by atoms with van der Waals surface area (Å²) in [4.78, 5) is 15.8. The van der Waals surface area contributed by atoms with Gasteiger partial charge in [0.15, 0.2) is 0 Å². The van der Waals surface area contributed by atoms with Crippen LogP contribution in [0.5, 0.6) is 5.88 Å². The van der Waals surface area contributed by atoms with Crippen LogP contribution in [0.4, 0.5) is 4.79 Å². The Morgan fingerprint density at radius 3 is 2.74 bits per heavy atom. The lowest BCUT2D eigenvalue weighted by Gasteiger charge is -2.18. The Bertz CT molecular complexity index is 767. The Hall–Kier alpha value is -2.74. The predicted molar refractivity (Wildman–Crippen MR) is 89.4 cm³/mol. The summed E-state index contributed by atoms with van der Waals surface area (Å²) in [5.74, 6) is 6.48. The molecule has 0 atom stereocenters. The minimum Gasteiger partial charge on any atom is -0.481 e. The molecule has 1 N–H and O–H groups in total. The molecule has 0 aliphatic heterocycles. The zero-order valence-electron chi connectivity index (χ0n) is 13.8. The van der Waals surface area contributed by atoms with Gasteiger partial charge < -0.3 is 14.8 Å². The first-order valence-corrected chi connectivity index (χ1v) is 7.28. The molecule has 0 saturated carbocycles. The number of nitrogens with one attached hydrogen (secondary N) is 1. The number of ether oxygens (including phenoxy) is 2. The molecule has 0 fully saturated rings. The highest BCUT2D eigenvalue weighted by molar-refractivity contribution is 5.80. The lowest BCUT2D eigenvalue weighted by Crippen LogP contribution is -2.32. The zero-order valence-corrected chi connectivity index (χ0v) is 13.8. The number of rotatable bonds is 2. The molecule has 0 radical (unpaired) electrons. The minimum atomic E-state index is -0.510. The fraction of sp³-hybridized carbons (Fsp3) is 0.333. The molecule has 0 saturated heterocycles. The molecule has 5 heteroatoms. The first-order chi connectivity index (χ1) is 10.9. The maximum atomic E-state index is 11.5. The van der Waals surface area contributed by atoms with Crippen molar-refractivity contribution in [2.45, 2.75) is 26.4 Å². The summed E-state index contributed by atoms with van der Waals surface area (Å²) in [6, 6.07) is 9.47. The standard InChI is InChI=1S/C18H20N2O3/c1-18(2,3)23-17(21)19-11-5-6-13-7-9-15-14(12-13)8-10-16(20-15)22-4/h7-10,12H,11H2,1-4H3,(H,19,21). The monoisotopic (exact) mass is 312 g/mol. The van der Waals surface area contributed by atoms with E-state index in [2.05, 4.69) is 22.1 Å². The first kappa shape index (κ1) is 16.6. The Kier molecular flexibility index (Phi) is 5.07. The van der Waals surface area contributed by atoms with Crippen molar-refractivity contribution in [1.82, 2.24) is 10.3 Å². The fourth-order valence-electron chi connectivity index (χ4n) is 1.88. The highest BCUT2D eigenvalue weighted by atomic mass is 16.6. The molecule has 2 aromatic rings. The topological polar surface area (TPSA) is 60.5 Å². The van der Waals surface area contributed by atoms with E-state index >= 15 is 0 Å². The molecule has 23 heavy (non-hydrogen) atoms. The van der Waals surface area contributed by atoms with Crippen LogP contribution in [0, 0.1) is 11.8 Å². The van der Waals surface area contributed by atoms with Crippen LogP contribution < -0.4 is 10.1 Å². The smallest absolute Gasteiger partial charge is 0.408 e. The highest BCUT2D eigenvalue weighted by Gasteiger charge is 2.14. The van der Waals surface area contributed by atoms with Crippen molar-refractivity contribution in [2.24, 2.45) is 0 Å². The number of nitrogens with zero attached hydrogens (tertiary/aromatic N) is 1. The summed E-state index contributed by atoms with van der Waals surface area (Å²) >= 11 is 0. The molecule has 120 valence electrons. The summed E-state index contributed by atoms with van der Waals surface area (Å²) in [5, 5.41) is 3.58. The molecule has 1 aromatic carbocycles. The molecule has 1 aromatic heterocycles. The van der Waals surface area contributed by atoms with Crippen molar-refractivity contribution in [3.63, 3.8) is 0 Å². The van der Waals surface area contributed by atoms with Gasteiger partial charge in [0, 0.05) is 17.0 Å². The maximum absolute atomic E-state index is 11.5. The third-order valence-corrected chi connectivity index (χ3v) is 2.83. The average Bonchev–Trinajstić information content (AvgIpc) is 2.49. The molecule has 0 aliphatic rings. The van der Waals surface area contributed by atoms with E-state index in [-0.39, 0.29) is 6.54 Å². The van der Waals surface area contributed by atoms with E-state index in [4.69, 9.17) is 9.47 Å². The molecule has 0 unspecified atom stereocenters. The summed E-state index contributed by atoms with van der Waals surface area (Å²) in [6.07, 6.45) is -0.471. The van der Waals surface area contributed by atoms with Crippen molar-refractivity contribution in [3.05, 3.63) is 35.9 Å². The van der Waals surface area contributed by atoms with E-state index in [1.54, 1.807) is 7.11 Å². The minimum absolute atomic E-state index is 0.230. The molecule has 0 aliphatic carbocycles. The van der Waals surface area contributed by atoms with Crippen molar-refractivity contribution in [2.75, 3.05) is 13.7 Å². The number of carbonyl (C=O) groups is 1. The summed E-state index contributed by atoms with van der Waals surface area (Å²) in [6.45, 7) is 5.68. The molecule has 1 amide bonds. The maximum Gasteiger partial charge on any atom is 0.408 e. The zero-order chi connectivity index (χ0) is 16.9. The van der Waals surface area contributed by atoms with Crippen LogP contribution in [-0.2, 0) is 4.74 Å². The van der Waals surface area contributed by atoms with Gasteiger partial charge >= 0.3 is 6.09 Å². The van der Waals surface area contributed by atoms with Crippen LogP contribution in [0.15, 0.2) is 30.3 Å². The number of methoxy groups -OCH3 is 1. The second kappa shape index (κ2) is 7.01. The highest BCUT2D eigenvalue weighted by Crippen LogP contribution is 2.17. The quantitative estimate of drug-likeness (QED) is 0.866. The van der Waals surface area contributed by atoms with Gasteiger partial charge in [-0.3, -0.25) is 0 Å². The Morgan fingerprint density at radius 1 is 1.26 bits per heavy atom. The van der Waals surface area contributed by atoms with Crippen LogP contribution >= 0.6 is 0 Å². The number of fused-ring (bicyclic) bond motifs is 1. The summed E-state index contributed by atoms with van der Waals surface area (Å²) < 4.78 is 10.2. The third kappa shape index (κ3) is 5.19. The van der Waals surface area contributed by atoms with Crippen molar-refractivity contribution < 1.29 is 14.3 Å². The molecule has 2 rings (SSSR count). The van der Waals surface area contributed by atoms with E-state index in [0.717, 1.165) is 16.5 Å². The van der Waals surface area contributed by atoms with Gasteiger partial charge in [0.05, 0.1) is 19.2 Å². The van der Waals surface area contributed by atoms with Crippen LogP contribution in [0.3, 0.4) is 0 Å². The van der Waals surface area contributed by atoms with Crippen molar-refractivity contribution in [1.29, 1.82) is 0 Å². The van der Waals surface area contributed by atoms with Crippen LogP contribution in [0.25, 0.3) is 10.9 Å². The number of alkyl carbamates (subject to hydrolysis) is 1. The van der Waals surface area contributed by atoms with Crippen LogP contribution in [0.1, 0.15) is 26.3 Å². The third-order valence-electron chi connectivity index (χ3n) is 2.83. The normalized spacial score (nSPS) is 10.6. The number of hydrogen-bond acceptors (Lipinski definition) is 4.